The first-order chi connectivity index (χ1) is 7.91. The summed E-state index contributed by atoms with van der Waals surface area (Å²) in [5, 5.41) is 0.515. The van der Waals surface area contributed by atoms with Gasteiger partial charge in [0.05, 0.1) is 10.6 Å². The van der Waals surface area contributed by atoms with Gasteiger partial charge in [-0.1, -0.05) is 6.92 Å². The second-order valence-electron chi connectivity index (χ2n) is 4.03. The number of fused-ring (bicyclic) bond motifs is 1. The highest BCUT2D eigenvalue weighted by atomic mass is 35.7. The van der Waals surface area contributed by atoms with Crippen molar-refractivity contribution in [3.05, 3.63) is 18.2 Å². The van der Waals surface area contributed by atoms with Crippen LogP contribution >= 0.6 is 22.4 Å². The van der Waals surface area contributed by atoms with E-state index < -0.39 is 9.05 Å². The fourth-order valence-corrected chi connectivity index (χ4v) is 3.87. The zero-order valence-electron chi connectivity index (χ0n) is 9.68. The van der Waals surface area contributed by atoms with Gasteiger partial charge in [0.25, 0.3) is 9.05 Å². The smallest absolute Gasteiger partial charge is 0.261 e. The molecule has 94 valence electrons. The number of benzene rings is 1. The van der Waals surface area contributed by atoms with Gasteiger partial charge in [-0.25, -0.2) is 8.42 Å². The largest absolute Gasteiger partial charge is 0.370 e. The molecule has 0 N–H and O–H groups in total. The van der Waals surface area contributed by atoms with E-state index in [-0.39, 0.29) is 4.90 Å². The lowest BCUT2D eigenvalue weighted by Crippen LogP contribution is -2.33. The zero-order valence-corrected chi connectivity index (χ0v) is 12.1. The highest BCUT2D eigenvalue weighted by Gasteiger charge is 2.23. The molecule has 0 spiro atoms. The molecule has 1 heterocycles. The van der Waals surface area contributed by atoms with Crippen molar-refractivity contribution >= 4 is 37.2 Å². The topological polar surface area (TPSA) is 37.4 Å². The van der Waals surface area contributed by atoms with E-state index in [1.807, 2.05) is 6.07 Å². The third-order valence-electron chi connectivity index (χ3n) is 2.74. The number of anilines is 1. The van der Waals surface area contributed by atoms with Crippen molar-refractivity contribution in [3.8, 4) is 0 Å². The zero-order chi connectivity index (χ0) is 12.6. The van der Waals surface area contributed by atoms with Crippen LogP contribution in [0.15, 0.2) is 28.0 Å². The summed E-state index contributed by atoms with van der Waals surface area (Å²) in [6, 6.07) is 5.08. The number of hydrogen-bond donors (Lipinski definition) is 0. The molecule has 3 nitrogen and oxygen atoms in total. The molecule has 0 fully saturated rings. The molecule has 2 rings (SSSR count). The minimum atomic E-state index is -3.65. The average Bonchev–Trinajstić information content (AvgIpc) is 2.25. The molecule has 1 aromatic carbocycles. The maximum atomic E-state index is 11.3. The van der Waals surface area contributed by atoms with Crippen molar-refractivity contribution in [2.24, 2.45) is 0 Å². The molecule has 0 amide bonds. The van der Waals surface area contributed by atoms with E-state index in [1.165, 1.54) is 0 Å². The van der Waals surface area contributed by atoms with Gasteiger partial charge in [0.15, 0.2) is 0 Å². The third kappa shape index (κ3) is 2.72. The quantitative estimate of drug-likeness (QED) is 0.785. The number of hydrogen-bond acceptors (Lipinski definition) is 4. The molecular formula is C11H14ClNO2S2. The molecular weight excluding hydrogens is 278 g/mol. The number of nitrogens with zero attached hydrogens (tertiary/aromatic N) is 1. The van der Waals surface area contributed by atoms with Gasteiger partial charge in [-0.05, 0) is 25.1 Å². The third-order valence-corrected chi connectivity index (χ3v) is 5.24. The first kappa shape index (κ1) is 13.1. The van der Waals surface area contributed by atoms with Crippen LogP contribution in [0.4, 0.5) is 5.69 Å². The summed E-state index contributed by atoms with van der Waals surface area (Å²) in [4.78, 5) is 3.48. The lowest BCUT2D eigenvalue weighted by molar-refractivity contribution is 0.609. The summed E-state index contributed by atoms with van der Waals surface area (Å²) in [6.07, 6.45) is 0. The number of halogens is 1. The molecule has 1 atom stereocenters. The molecule has 0 saturated heterocycles. The van der Waals surface area contributed by atoms with Gasteiger partial charge < -0.3 is 4.90 Å². The molecule has 1 unspecified atom stereocenters. The van der Waals surface area contributed by atoms with E-state index in [0.29, 0.717) is 5.25 Å². The molecule has 6 heteroatoms. The Morgan fingerprint density at radius 1 is 1.53 bits per heavy atom. The van der Waals surface area contributed by atoms with Crippen LogP contribution in [0.5, 0.6) is 0 Å². The Labute approximate surface area is 111 Å². The first-order valence-corrected chi connectivity index (χ1v) is 8.61. The number of thioether (sulfide) groups is 1. The summed E-state index contributed by atoms with van der Waals surface area (Å²) >= 11 is 1.77. The van der Waals surface area contributed by atoms with Gasteiger partial charge in [-0.3, -0.25) is 0 Å². The second kappa shape index (κ2) is 4.71. The van der Waals surface area contributed by atoms with E-state index in [4.69, 9.17) is 10.7 Å². The van der Waals surface area contributed by atoms with Crippen LogP contribution in [0, 0.1) is 0 Å². The summed E-state index contributed by atoms with van der Waals surface area (Å²) in [7, 11) is 1.72. The van der Waals surface area contributed by atoms with Crippen molar-refractivity contribution in [1.82, 2.24) is 0 Å². The first-order valence-electron chi connectivity index (χ1n) is 5.42. The normalized spacial score (nSPS) is 20.2. The summed E-state index contributed by atoms with van der Waals surface area (Å²) in [5.41, 5.74) is 0.970. The summed E-state index contributed by atoms with van der Waals surface area (Å²) < 4.78 is 22.6. The fourth-order valence-electron chi connectivity index (χ4n) is 1.96. The molecule has 0 bridgehead atoms. The minimum Gasteiger partial charge on any atom is -0.370 e. The van der Waals surface area contributed by atoms with Gasteiger partial charge in [0.2, 0.25) is 0 Å². The molecule has 1 aliphatic rings. The summed E-state index contributed by atoms with van der Waals surface area (Å²) in [5.74, 6) is 0. The van der Waals surface area contributed by atoms with Crippen molar-refractivity contribution < 1.29 is 8.42 Å². The average molecular weight is 292 g/mol. The highest BCUT2D eigenvalue weighted by Crippen LogP contribution is 2.39. The highest BCUT2D eigenvalue weighted by molar-refractivity contribution is 8.13. The Kier molecular flexibility index (Phi) is 3.61. The standard InChI is InChI=1S/C11H14ClNO2S2/c1-3-13-7-8(2)16-11-5-4-9(6-10(11)13)17(12,14)15/h4-6,8H,3,7H2,1-2H3. The van der Waals surface area contributed by atoms with E-state index >= 15 is 0 Å². The van der Waals surface area contributed by atoms with Gasteiger partial charge in [0, 0.05) is 33.9 Å². The van der Waals surface area contributed by atoms with E-state index in [2.05, 4.69) is 18.7 Å². The molecule has 1 aliphatic heterocycles. The van der Waals surface area contributed by atoms with Gasteiger partial charge in [-0.2, -0.15) is 0 Å². The lowest BCUT2D eigenvalue weighted by Gasteiger charge is -2.33. The Morgan fingerprint density at radius 3 is 2.82 bits per heavy atom. The van der Waals surface area contributed by atoms with Crippen LogP contribution in [-0.2, 0) is 9.05 Å². The molecule has 0 aromatic heterocycles. The number of rotatable bonds is 2. The van der Waals surface area contributed by atoms with Crippen molar-refractivity contribution in [3.63, 3.8) is 0 Å². The van der Waals surface area contributed by atoms with Gasteiger partial charge in [0.1, 0.15) is 0 Å². The summed E-state index contributed by atoms with van der Waals surface area (Å²) in [6.45, 7) is 6.03. The van der Waals surface area contributed by atoms with Crippen LogP contribution in [0.2, 0.25) is 0 Å². The SMILES string of the molecule is CCN1CC(C)Sc2ccc(S(=O)(=O)Cl)cc21. The van der Waals surface area contributed by atoms with Gasteiger partial charge >= 0.3 is 0 Å². The maximum Gasteiger partial charge on any atom is 0.261 e. The molecule has 1 aromatic rings. The predicted octanol–water partition coefficient (Wildman–Crippen LogP) is 2.93. The predicted molar refractivity (Wildman–Crippen MR) is 72.7 cm³/mol. The fraction of sp³-hybridized carbons (Fsp3) is 0.455. The Morgan fingerprint density at radius 2 is 2.24 bits per heavy atom. The lowest BCUT2D eigenvalue weighted by atomic mass is 10.2. The van der Waals surface area contributed by atoms with Crippen molar-refractivity contribution in [2.75, 3.05) is 18.0 Å². The molecule has 0 aliphatic carbocycles. The maximum absolute atomic E-state index is 11.3. The Balaban J connectivity index is 2.50. The van der Waals surface area contributed by atoms with Gasteiger partial charge in [-0.15, -0.1) is 11.8 Å². The van der Waals surface area contributed by atoms with Crippen LogP contribution < -0.4 is 4.90 Å². The van der Waals surface area contributed by atoms with E-state index in [0.717, 1.165) is 23.7 Å². The Hall–Kier alpha value is -0.390. The van der Waals surface area contributed by atoms with E-state index in [9.17, 15) is 8.42 Å². The molecule has 0 saturated carbocycles. The van der Waals surface area contributed by atoms with Crippen LogP contribution in [-0.4, -0.2) is 26.8 Å². The van der Waals surface area contributed by atoms with Crippen LogP contribution in [0.25, 0.3) is 0 Å². The van der Waals surface area contributed by atoms with E-state index in [1.54, 1.807) is 23.9 Å². The van der Waals surface area contributed by atoms with Crippen LogP contribution in [0.3, 0.4) is 0 Å². The molecule has 0 radical (unpaired) electrons. The van der Waals surface area contributed by atoms with Crippen molar-refractivity contribution in [2.45, 2.75) is 28.9 Å². The second-order valence-corrected chi connectivity index (χ2v) is 8.08. The monoisotopic (exact) mass is 291 g/mol. The van der Waals surface area contributed by atoms with Crippen LogP contribution in [0.1, 0.15) is 13.8 Å². The minimum absolute atomic E-state index is 0.173. The molecule has 17 heavy (non-hydrogen) atoms. The Bertz CT molecular complexity index is 530. The van der Waals surface area contributed by atoms with Crippen molar-refractivity contribution in [1.29, 1.82) is 0 Å².